The Labute approximate surface area is 147 Å². The maximum atomic E-state index is 12.1. The van der Waals surface area contributed by atoms with E-state index in [1.807, 2.05) is 0 Å². The minimum atomic E-state index is -0.766. The number of carbonyl (C=O) groups is 3. The predicted molar refractivity (Wildman–Crippen MR) is 90.0 cm³/mol. The Balaban J connectivity index is 2.26. The highest BCUT2D eigenvalue weighted by Crippen LogP contribution is 2.23. The summed E-state index contributed by atoms with van der Waals surface area (Å²) in [5, 5.41) is 15.5. The molecule has 0 fully saturated rings. The van der Waals surface area contributed by atoms with E-state index in [4.69, 9.17) is 9.15 Å². The van der Waals surface area contributed by atoms with Gasteiger partial charge in [-0.05, 0) is 31.2 Å². The van der Waals surface area contributed by atoms with Gasteiger partial charge in [-0.25, -0.2) is 4.79 Å². The summed E-state index contributed by atoms with van der Waals surface area (Å²) >= 11 is 0. The first-order valence-corrected chi connectivity index (χ1v) is 7.46. The van der Waals surface area contributed by atoms with Gasteiger partial charge in [0.25, 0.3) is 5.91 Å². The van der Waals surface area contributed by atoms with Crippen LogP contribution in [-0.4, -0.2) is 29.3 Å². The number of nitrogens with zero attached hydrogens (tertiary/aromatic N) is 1. The fourth-order valence-electron chi connectivity index (χ4n) is 2.04. The third-order valence-corrected chi connectivity index (χ3v) is 3.08. The van der Waals surface area contributed by atoms with Crippen LogP contribution in [0.5, 0.6) is 0 Å². The van der Waals surface area contributed by atoms with Gasteiger partial charge in [-0.2, -0.15) is 0 Å². The van der Waals surface area contributed by atoms with Crippen molar-refractivity contribution in [1.82, 2.24) is 0 Å². The highest BCUT2D eigenvalue weighted by Gasteiger charge is 2.19. The number of hydrogen-bond donors (Lipinski definition) is 2. The number of nitrogens with one attached hydrogen (secondary N) is 2. The highest BCUT2D eigenvalue weighted by atomic mass is 16.6. The molecule has 0 spiro atoms. The zero-order chi connectivity index (χ0) is 19.3. The lowest BCUT2D eigenvalue weighted by Gasteiger charge is -2.11. The summed E-state index contributed by atoms with van der Waals surface area (Å²) in [7, 11) is 0. The fourth-order valence-corrected chi connectivity index (χ4v) is 2.04. The molecule has 2 aromatic rings. The van der Waals surface area contributed by atoms with Crippen molar-refractivity contribution in [2.75, 3.05) is 17.2 Å². The number of furan rings is 1. The smallest absolute Gasteiger partial charge is 0.433 e. The first kappa shape index (κ1) is 18.6. The van der Waals surface area contributed by atoms with E-state index in [0.717, 1.165) is 12.1 Å². The molecule has 2 amide bonds. The summed E-state index contributed by atoms with van der Waals surface area (Å²) in [4.78, 5) is 45.2. The monoisotopic (exact) mass is 361 g/mol. The number of rotatable bonds is 6. The number of amides is 2. The van der Waals surface area contributed by atoms with Crippen molar-refractivity contribution < 1.29 is 28.5 Å². The average Bonchev–Trinajstić information content (AvgIpc) is 3.06. The maximum Gasteiger partial charge on any atom is 0.433 e. The van der Waals surface area contributed by atoms with Crippen LogP contribution in [0, 0.1) is 10.1 Å². The van der Waals surface area contributed by atoms with Crippen LogP contribution >= 0.6 is 0 Å². The molecule has 0 aliphatic carbocycles. The fraction of sp³-hybridized carbons (Fsp3) is 0.188. The Morgan fingerprint density at radius 2 is 1.92 bits per heavy atom. The molecule has 0 aliphatic heterocycles. The molecule has 0 atom stereocenters. The first-order chi connectivity index (χ1) is 12.3. The number of hydrogen-bond acceptors (Lipinski definition) is 7. The van der Waals surface area contributed by atoms with Crippen molar-refractivity contribution in [3.63, 3.8) is 0 Å². The Hall–Kier alpha value is -3.69. The predicted octanol–water partition coefficient (Wildman–Crippen LogP) is 2.58. The Morgan fingerprint density at radius 1 is 1.19 bits per heavy atom. The molecule has 1 aromatic carbocycles. The van der Waals surface area contributed by atoms with E-state index in [2.05, 4.69) is 10.6 Å². The molecule has 10 heteroatoms. The van der Waals surface area contributed by atoms with Gasteiger partial charge in [0.2, 0.25) is 5.91 Å². The van der Waals surface area contributed by atoms with Gasteiger partial charge in [0.05, 0.1) is 23.9 Å². The van der Waals surface area contributed by atoms with E-state index >= 15 is 0 Å². The molecule has 1 aromatic heterocycles. The number of ether oxygens (including phenoxy) is 1. The molecule has 136 valence electrons. The first-order valence-electron chi connectivity index (χ1n) is 7.46. The summed E-state index contributed by atoms with van der Waals surface area (Å²) < 4.78 is 9.74. The van der Waals surface area contributed by atoms with Gasteiger partial charge in [0, 0.05) is 12.6 Å². The number of benzene rings is 1. The van der Waals surface area contributed by atoms with Crippen LogP contribution in [0.15, 0.2) is 34.7 Å². The van der Waals surface area contributed by atoms with Crippen molar-refractivity contribution >= 4 is 35.0 Å². The summed E-state index contributed by atoms with van der Waals surface area (Å²) in [5.74, 6) is -2.62. The highest BCUT2D eigenvalue weighted by molar-refractivity contribution is 6.05. The second-order valence-electron chi connectivity index (χ2n) is 5.01. The van der Waals surface area contributed by atoms with Crippen molar-refractivity contribution in [3.8, 4) is 0 Å². The van der Waals surface area contributed by atoms with Crippen molar-refractivity contribution in [2.24, 2.45) is 0 Å². The molecular weight excluding hydrogens is 346 g/mol. The summed E-state index contributed by atoms with van der Waals surface area (Å²) in [6.07, 6.45) is 0. The van der Waals surface area contributed by atoms with E-state index < -0.39 is 22.7 Å². The number of anilines is 2. The van der Waals surface area contributed by atoms with Gasteiger partial charge in [-0.1, -0.05) is 0 Å². The maximum absolute atomic E-state index is 12.1. The molecule has 10 nitrogen and oxygen atoms in total. The van der Waals surface area contributed by atoms with Gasteiger partial charge in [-0.15, -0.1) is 0 Å². The Kier molecular flexibility index (Phi) is 5.68. The summed E-state index contributed by atoms with van der Waals surface area (Å²) in [5.41, 5.74) is 0.485. The standard InChI is InChI=1S/C16H15N3O7/c1-3-25-16(22)11-8-10(4-5-12(11)17-9(2)20)18-15(21)13-6-7-14(26-13)19(23)24/h4-8H,3H2,1-2H3,(H,17,20)(H,18,21). The molecule has 0 saturated heterocycles. The molecule has 26 heavy (non-hydrogen) atoms. The third-order valence-electron chi connectivity index (χ3n) is 3.08. The Morgan fingerprint density at radius 3 is 2.50 bits per heavy atom. The molecule has 0 saturated carbocycles. The van der Waals surface area contributed by atoms with Crippen molar-refractivity contribution in [3.05, 3.63) is 51.8 Å². The van der Waals surface area contributed by atoms with Crippen LogP contribution in [0.1, 0.15) is 34.8 Å². The minimum absolute atomic E-state index is 0.0466. The van der Waals surface area contributed by atoms with E-state index in [9.17, 15) is 24.5 Å². The van der Waals surface area contributed by atoms with Crippen LogP contribution in [0.2, 0.25) is 0 Å². The van der Waals surface area contributed by atoms with Gasteiger partial charge in [0.1, 0.15) is 4.92 Å². The molecule has 0 aliphatic rings. The molecule has 0 bridgehead atoms. The topological polar surface area (TPSA) is 141 Å². The summed E-state index contributed by atoms with van der Waals surface area (Å²) in [6, 6.07) is 6.40. The third kappa shape index (κ3) is 4.44. The zero-order valence-electron chi connectivity index (χ0n) is 13.9. The summed E-state index contributed by atoms with van der Waals surface area (Å²) in [6.45, 7) is 3.05. The van der Waals surface area contributed by atoms with Gasteiger partial charge in [0.15, 0.2) is 5.76 Å². The van der Waals surface area contributed by atoms with Crippen LogP contribution in [0.3, 0.4) is 0 Å². The lowest BCUT2D eigenvalue weighted by atomic mass is 10.1. The van der Waals surface area contributed by atoms with Crippen molar-refractivity contribution in [2.45, 2.75) is 13.8 Å². The molecule has 0 unspecified atom stereocenters. The SMILES string of the molecule is CCOC(=O)c1cc(NC(=O)c2ccc([N+](=O)[O-])o2)ccc1NC(C)=O. The van der Waals surface area contributed by atoms with Crippen LogP contribution in [-0.2, 0) is 9.53 Å². The quantitative estimate of drug-likeness (QED) is 0.457. The van der Waals surface area contributed by atoms with E-state index in [-0.39, 0.29) is 35.2 Å². The molecular formula is C16H15N3O7. The van der Waals surface area contributed by atoms with Gasteiger partial charge < -0.3 is 19.8 Å². The normalized spacial score (nSPS) is 10.1. The molecule has 2 rings (SSSR count). The van der Waals surface area contributed by atoms with Gasteiger partial charge >= 0.3 is 11.9 Å². The Bertz CT molecular complexity index is 872. The van der Waals surface area contributed by atoms with Crippen LogP contribution in [0.4, 0.5) is 17.3 Å². The molecule has 1 heterocycles. The zero-order valence-corrected chi connectivity index (χ0v) is 13.9. The molecule has 2 N–H and O–H groups in total. The van der Waals surface area contributed by atoms with Gasteiger partial charge in [-0.3, -0.25) is 19.7 Å². The lowest BCUT2D eigenvalue weighted by molar-refractivity contribution is -0.402. The van der Waals surface area contributed by atoms with E-state index in [1.165, 1.54) is 25.1 Å². The minimum Gasteiger partial charge on any atom is -0.462 e. The van der Waals surface area contributed by atoms with Crippen molar-refractivity contribution in [1.29, 1.82) is 0 Å². The average molecular weight is 361 g/mol. The van der Waals surface area contributed by atoms with E-state index in [1.54, 1.807) is 6.92 Å². The number of esters is 1. The van der Waals surface area contributed by atoms with Crippen LogP contribution < -0.4 is 10.6 Å². The number of nitro groups is 1. The number of carbonyl (C=O) groups excluding carboxylic acids is 3. The molecule has 0 radical (unpaired) electrons. The second kappa shape index (κ2) is 7.92. The van der Waals surface area contributed by atoms with E-state index in [0.29, 0.717) is 0 Å². The second-order valence-corrected chi connectivity index (χ2v) is 5.01. The lowest BCUT2D eigenvalue weighted by Crippen LogP contribution is -2.15. The van der Waals surface area contributed by atoms with Crippen LogP contribution in [0.25, 0.3) is 0 Å². The largest absolute Gasteiger partial charge is 0.462 e.